The zero-order valence-corrected chi connectivity index (χ0v) is 19.5. The molecule has 1 aromatic carbocycles. The minimum atomic E-state index is -0.629. The highest BCUT2D eigenvalue weighted by atomic mass is 19.1. The van der Waals surface area contributed by atoms with Gasteiger partial charge in [0.2, 0.25) is 17.7 Å². The van der Waals surface area contributed by atoms with Gasteiger partial charge in [0.25, 0.3) is 0 Å². The number of carbonyl (C=O) groups is 3. The number of benzene rings is 1. The van der Waals surface area contributed by atoms with Crippen molar-refractivity contribution >= 4 is 28.6 Å². The molecule has 2 fully saturated rings. The van der Waals surface area contributed by atoms with Crippen LogP contribution >= 0.6 is 0 Å². The van der Waals surface area contributed by atoms with Crippen LogP contribution in [0.3, 0.4) is 0 Å². The van der Waals surface area contributed by atoms with Crippen molar-refractivity contribution in [2.24, 2.45) is 0 Å². The number of nitrogens with zero attached hydrogens (tertiary/aromatic N) is 2. The molecule has 3 heterocycles. The van der Waals surface area contributed by atoms with Crippen LogP contribution in [0.15, 0.2) is 24.4 Å². The number of likely N-dealkylation sites (tertiary alicyclic amines) is 2. The third-order valence-corrected chi connectivity index (χ3v) is 7.24. The summed E-state index contributed by atoms with van der Waals surface area (Å²) in [4.78, 5) is 45.3. The Bertz CT molecular complexity index is 1070. The smallest absolute Gasteiger partial charge is 0.245 e. The Morgan fingerprint density at radius 1 is 1.27 bits per heavy atom. The zero-order valence-electron chi connectivity index (χ0n) is 19.5. The van der Waals surface area contributed by atoms with Crippen LogP contribution in [0.25, 0.3) is 10.9 Å². The molecule has 9 heteroatoms. The molecule has 2 aromatic rings. The minimum absolute atomic E-state index is 0.0177. The summed E-state index contributed by atoms with van der Waals surface area (Å²) in [6.07, 6.45) is 3.03. The first-order chi connectivity index (χ1) is 15.8. The van der Waals surface area contributed by atoms with Crippen molar-refractivity contribution in [1.82, 2.24) is 25.4 Å². The van der Waals surface area contributed by atoms with E-state index in [-0.39, 0.29) is 41.5 Å². The third-order valence-electron chi connectivity index (χ3n) is 7.24. The summed E-state index contributed by atoms with van der Waals surface area (Å²) in [6, 6.07) is 3.32. The second kappa shape index (κ2) is 9.13. The molecule has 178 valence electrons. The highest BCUT2D eigenvalue weighted by Gasteiger charge is 2.52. The van der Waals surface area contributed by atoms with Crippen molar-refractivity contribution < 1.29 is 18.8 Å². The van der Waals surface area contributed by atoms with Crippen LogP contribution in [0.1, 0.15) is 45.1 Å². The summed E-state index contributed by atoms with van der Waals surface area (Å²) in [5.41, 5.74) is 1.67. The molecular weight excluding hydrogens is 425 g/mol. The number of fused-ring (bicyclic) bond motifs is 2. The summed E-state index contributed by atoms with van der Waals surface area (Å²) >= 11 is 0. The van der Waals surface area contributed by atoms with Crippen LogP contribution in [0.2, 0.25) is 0 Å². The van der Waals surface area contributed by atoms with E-state index in [2.05, 4.69) is 15.6 Å². The summed E-state index contributed by atoms with van der Waals surface area (Å²) in [7, 11) is 1.70. The predicted molar refractivity (Wildman–Crippen MR) is 123 cm³/mol. The molecule has 0 saturated carbocycles. The Hall–Kier alpha value is -2.94. The highest BCUT2D eigenvalue weighted by Crippen LogP contribution is 2.43. The second-order valence-electron chi connectivity index (χ2n) is 9.07. The van der Waals surface area contributed by atoms with Gasteiger partial charge < -0.3 is 25.4 Å². The van der Waals surface area contributed by atoms with Crippen molar-refractivity contribution in [2.45, 2.75) is 63.7 Å². The van der Waals surface area contributed by atoms with Crippen molar-refractivity contribution in [3.05, 3.63) is 35.8 Å². The Labute approximate surface area is 192 Å². The van der Waals surface area contributed by atoms with E-state index >= 15 is 0 Å². The Balaban J connectivity index is 1.66. The lowest BCUT2D eigenvalue weighted by atomic mass is 9.91. The molecule has 0 spiro atoms. The zero-order chi connectivity index (χ0) is 23.9. The number of hydrogen-bond donors (Lipinski definition) is 3. The lowest BCUT2D eigenvalue weighted by molar-refractivity contribution is -0.138. The molecule has 0 bridgehead atoms. The molecular formula is C24H32FN5O3. The van der Waals surface area contributed by atoms with Gasteiger partial charge in [-0.05, 0) is 50.6 Å². The van der Waals surface area contributed by atoms with Gasteiger partial charge in [0, 0.05) is 43.0 Å². The maximum absolute atomic E-state index is 13.7. The normalized spacial score (nSPS) is 24.1. The first-order valence-corrected chi connectivity index (χ1v) is 11.6. The molecule has 2 aliphatic rings. The van der Waals surface area contributed by atoms with Gasteiger partial charge in [0.15, 0.2) is 0 Å². The van der Waals surface area contributed by atoms with Crippen LogP contribution in [0.5, 0.6) is 0 Å². The number of aromatic amines is 1. The van der Waals surface area contributed by atoms with Crippen molar-refractivity contribution in [1.29, 1.82) is 0 Å². The molecule has 3 amide bonds. The fourth-order valence-electron chi connectivity index (χ4n) is 5.38. The Morgan fingerprint density at radius 2 is 2.03 bits per heavy atom. The fraction of sp³-hybridized carbons (Fsp3) is 0.542. The first kappa shape index (κ1) is 23.2. The number of halogens is 1. The van der Waals surface area contributed by atoms with E-state index < -0.39 is 12.1 Å². The van der Waals surface area contributed by atoms with Gasteiger partial charge in [-0.2, -0.15) is 0 Å². The summed E-state index contributed by atoms with van der Waals surface area (Å²) in [6.45, 7) is 6.21. The quantitative estimate of drug-likeness (QED) is 0.615. The van der Waals surface area contributed by atoms with Gasteiger partial charge in [0.05, 0.1) is 18.1 Å². The van der Waals surface area contributed by atoms with E-state index in [9.17, 15) is 18.8 Å². The molecule has 0 radical (unpaired) electrons. The maximum atomic E-state index is 13.7. The van der Waals surface area contributed by atoms with Crippen LogP contribution < -0.4 is 10.6 Å². The molecule has 5 atom stereocenters. The Morgan fingerprint density at radius 3 is 2.70 bits per heavy atom. The topological polar surface area (TPSA) is 97.5 Å². The highest BCUT2D eigenvalue weighted by molar-refractivity contribution is 5.90. The molecule has 0 aliphatic carbocycles. The summed E-state index contributed by atoms with van der Waals surface area (Å²) in [5.74, 6) is -0.784. The van der Waals surface area contributed by atoms with E-state index in [4.69, 9.17) is 0 Å². The number of carbonyl (C=O) groups excluding carboxylic acids is 3. The molecule has 2 aliphatic heterocycles. The lowest BCUT2D eigenvalue weighted by Gasteiger charge is -2.32. The van der Waals surface area contributed by atoms with Crippen LogP contribution in [0.4, 0.5) is 4.39 Å². The minimum Gasteiger partial charge on any atom is -0.361 e. The molecule has 33 heavy (non-hydrogen) atoms. The van der Waals surface area contributed by atoms with Gasteiger partial charge in [-0.1, -0.05) is 6.92 Å². The SMILES string of the molecule is CCC(NC(=O)C(C)NC)C(=O)N1CCC2C1C(c1c[nH]c3cc(F)ccc13)CN2C(C)=O. The number of rotatable bonds is 6. The summed E-state index contributed by atoms with van der Waals surface area (Å²) < 4.78 is 13.7. The molecule has 1 aromatic heterocycles. The van der Waals surface area contributed by atoms with Crippen LogP contribution in [0, 0.1) is 5.82 Å². The molecule has 4 rings (SSSR count). The van der Waals surface area contributed by atoms with Gasteiger partial charge >= 0.3 is 0 Å². The molecule has 2 saturated heterocycles. The van der Waals surface area contributed by atoms with Gasteiger partial charge in [-0.25, -0.2) is 4.39 Å². The fourth-order valence-corrected chi connectivity index (χ4v) is 5.38. The summed E-state index contributed by atoms with van der Waals surface area (Å²) in [5, 5.41) is 6.66. The lowest BCUT2D eigenvalue weighted by Crippen LogP contribution is -2.54. The van der Waals surface area contributed by atoms with E-state index in [0.717, 1.165) is 10.9 Å². The van der Waals surface area contributed by atoms with Crippen LogP contribution in [-0.2, 0) is 14.4 Å². The van der Waals surface area contributed by atoms with Crippen molar-refractivity contribution in [2.75, 3.05) is 20.1 Å². The Kier molecular flexibility index (Phi) is 6.43. The number of hydrogen-bond acceptors (Lipinski definition) is 4. The van der Waals surface area contributed by atoms with Gasteiger partial charge in [-0.15, -0.1) is 0 Å². The number of likely N-dealkylation sites (N-methyl/N-ethyl adjacent to an activating group) is 1. The predicted octanol–water partition coefficient (Wildman–Crippen LogP) is 1.72. The number of H-pyrrole nitrogens is 1. The molecule has 5 unspecified atom stereocenters. The third kappa shape index (κ3) is 4.10. The largest absolute Gasteiger partial charge is 0.361 e. The maximum Gasteiger partial charge on any atom is 0.245 e. The standard InChI is InChI=1S/C24H32FN5O3/c1-5-19(28-23(32)13(2)26-4)24(33)29-9-8-21-22(29)18(12-30(21)14(3)31)17-11-27-20-10-15(25)6-7-16(17)20/h6-7,10-11,13,18-19,21-22,26-27H,5,8-9,12H2,1-4H3,(H,28,32). The van der Waals surface area contributed by atoms with E-state index in [1.807, 2.05) is 22.9 Å². The average Bonchev–Trinajstić information content (AvgIpc) is 3.49. The molecule has 3 N–H and O–H groups in total. The first-order valence-electron chi connectivity index (χ1n) is 11.6. The van der Waals surface area contributed by atoms with Gasteiger partial charge in [-0.3, -0.25) is 14.4 Å². The van der Waals surface area contributed by atoms with Crippen molar-refractivity contribution in [3.8, 4) is 0 Å². The number of aromatic nitrogens is 1. The number of amides is 3. The monoisotopic (exact) mass is 457 g/mol. The van der Waals surface area contributed by atoms with Crippen LogP contribution in [-0.4, -0.2) is 76.8 Å². The average molecular weight is 458 g/mol. The number of nitrogens with one attached hydrogen (secondary N) is 3. The van der Waals surface area contributed by atoms with E-state index in [0.29, 0.717) is 31.4 Å². The second-order valence-corrected chi connectivity index (χ2v) is 9.07. The van der Waals surface area contributed by atoms with E-state index in [1.165, 1.54) is 12.1 Å². The van der Waals surface area contributed by atoms with E-state index in [1.54, 1.807) is 27.0 Å². The molecule has 8 nitrogen and oxygen atoms in total. The van der Waals surface area contributed by atoms with Gasteiger partial charge in [0.1, 0.15) is 11.9 Å². The van der Waals surface area contributed by atoms with Crippen molar-refractivity contribution in [3.63, 3.8) is 0 Å².